The normalized spacial score (nSPS) is 8.06. The molecule has 0 aliphatic rings. The molecule has 86 valence electrons. The van der Waals surface area contributed by atoms with Crippen LogP contribution in [-0.4, -0.2) is 30.2 Å². The molecule has 0 aromatic heterocycles. The topological polar surface area (TPSA) is 9.23 Å². The van der Waals surface area contributed by atoms with Gasteiger partial charge in [0.1, 0.15) is 5.75 Å². The first-order chi connectivity index (χ1) is 7.88. The molecule has 18 heavy (non-hydrogen) atoms. The number of halogens is 1. The molecule has 0 atom stereocenters. The maximum atomic E-state index is 5.08. The van der Waals surface area contributed by atoms with Crippen LogP contribution in [0.1, 0.15) is 11.1 Å². The molecule has 0 aliphatic heterocycles. The minimum absolute atomic E-state index is 0. The van der Waals surface area contributed by atoms with E-state index >= 15 is 0 Å². The average molecular weight is 311 g/mol. The van der Waals surface area contributed by atoms with Gasteiger partial charge in [0, 0.05) is 5.56 Å². The molecule has 2 aromatic rings. The van der Waals surface area contributed by atoms with E-state index in [4.69, 9.17) is 4.74 Å². The van der Waals surface area contributed by atoms with Gasteiger partial charge in [-0.1, -0.05) is 11.5 Å². The number of ether oxygens (including phenoxy) is 1. The molecule has 0 unspecified atom stereocenters. The summed E-state index contributed by atoms with van der Waals surface area (Å²) in [6.45, 7) is 0. The number of hydrogen-bond donors (Lipinski definition) is 0. The molecule has 0 bridgehead atoms. The molecule has 1 nitrogen and oxygen atoms in total. The fourth-order valence-corrected chi connectivity index (χ4v) is 1.29. The zero-order valence-corrected chi connectivity index (χ0v) is 13.1. The van der Waals surface area contributed by atoms with Gasteiger partial charge >= 0.3 is 23.1 Å². The van der Waals surface area contributed by atoms with Crippen LogP contribution in [0.3, 0.4) is 0 Å². The molecule has 0 heterocycles. The minimum Gasteiger partial charge on any atom is -1.00 e. The maximum Gasteiger partial charge on any atom is 2.00 e. The Bertz CT molecular complexity index is 512. The van der Waals surface area contributed by atoms with Gasteiger partial charge in [-0.2, -0.15) is 30.3 Å². The molecule has 0 radical (unpaired) electrons. The molecule has 0 amide bonds. The van der Waals surface area contributed by atoms with Crippen molar-refractivity contribution in [2.45, 2.75) is 0 Å². The first-order valence-corrected chi connectivity index (χ1v) is 5.01. The van der Waals surface area contributed by atoms with Gasteiger partial charge in [-0.3, -0.25) is 0 Å². The molecule has 0 saturated heterocycles. The molecule has 2 rings (SSSR count). The zero-order chi connectivity index (χ0) is 11.2. The Hall–Kier alpha value is -0.954. The molecular weight excluding hydrogens is 300 g/mol. The first kappa shape index (κ1) is 17.0. The second kappa shape index (κ2) is 9.04. The van der Waals surface area contributed by atoms with E-state index in [-0.39, 0.29) is 40.0 Å². The summed E-state index contributed by atoms with van der Waals surface area (Å²) in [5, 5.41) is 0. The number of methoxy groups -OCH3 is 1. The Morgan fingerprint density at radius 2 is 1.67 bits per heavy atom. The molecule has 0 spiro atoms. The number of rotatable bonds is 1. The Morgan fingerprint density at radius 1 is 1.00 bits per heavy atom. The van der Waals surface area contributed by atoms with Crippen molar-refractivity contribution in [2.24, 2.45) is 0 Å². The van der Waals surface area contributed by atoms with Gasteiger partial charge in [0.2, 0.25) is 0 Å². The summed E-state index contributed by atoms with van der Waals surface area (Å²) in [5.41, 5.74) is 1.95. The number of hydrogen-bond acceptors (Lipinski definition) is 1. The van der Waals surface area contributed by atoms with Gasteiger partial charge < -0.3 is 21.7 Å². The van der Waals surface area contributed by atoms with Crippen molar-refractivity contribution in [1.82, 2.24) is 0 Å². The van der Waals surface area contributed by atoms with Crippen molar-refractivity contribution in [3.8, 4) is 17.6 Å². The third kappa shape index (κ3) is 5.13. The van der Waals surface area contributed by atoms with Crippen LogP contribution in [-0.2, 0) is 0 Å². The van der Waals surface area contributed by atoms with Crippen molar-refractivity contribution in [1.29, 1.82) is 0 Å². The molecule has 0 aliphatic carbocycles. The molecule has 0 fully saturated rings. The van der Waals surface area contributed by atoms with Gasteiger partial charge in [-0.05, 0) is 24.3 Å². The summed E-state index contributed by atoms with van der Waals surface area (Å²) in [4.78, 5) is 0. The average Bonchev–Trinajstić information content (AvgIpc) is 2.38. The predicted molar refractivity (Wildman–Crippen MR) is 70.0 cm³/mol. The Labute approximate surface area is 134 Å². The summed E-state index contributed by atoms with van der Waals surface area (Å²) in [6, 6.07) is 18.3. The van der Waals surface area contributed by atoms with E-state index in [0.717, 1.165) is 16.9 Å². The monoisotopic (exact) mass is 310 g/mol. The van der Waals surface area contributed by atoms with Gasteiger partial charge in [0.25, 0.3) is 0 Å². The van der Waals surface area contributed by atoms with E-state index in [1.165, 1.54) is 0 Å². The second-order valence-corrected chi connectivity index (χ2v) is 3.27. The molecule has 2 aromatic carbocycles. The van der Waals surface area contributed by atoms with Crippen molar-refractivity contribution in [2.75, 3.05) is 7.11 Å². The third-order valence-electron chi connectivity index (χ3n) is 2.15. The van der Waals surface area contributed by atoms with Crippen LogP contribution in [0.4, 0.5) is 0 Å². The van der Waals surface area contributed by atoms with E-state index in [9.17, 15) is 0 Å². The van der Waals surface area contributed by atoms with E-state index in [0.29, 0.717) is 0 Å². The summed E-state index contributed by atoms with van der Waals surface area (Å²) < 4.78 is 5.08. The van der Waals surface area contributed by atoms with E-state index in [2.05, 4.69) is 17.9 Å². The van der Waals surface area contributed by atoms with Gasteiger partial charge in [-0.25, -0.2) is 0 Å². The Kier molecular flexibility index (Phi) is 8.56. The standard InChI is InChI=1S/C15H11O.BrH.Mg/c1-16-15-11-9-14(10-12-15)8-7-13-5-3-2-4-6-13;;/h2-3,5-6,9-12H,1H3;1H;/q-1;;+2/p-1. The smallest absolute Gasteiger partial charge is 1.00 e. The summed E-state index contributed by atoms with van der Waals surface area (Å²) in [7, 11) is 1.65. The SMILES string of the molecule is COc1ccc(C#Cc2c[c-]ccc2)cc1.[Br-].[Mg+2]. The minimum atomic E-state index is 0. The van der Waals surface area contributed by atoms with Crippen LogP contribution in [0, 0.1) is 17.9 Å². The summed E-state index contributed by atoms with van der Waals surface area (Å²) in [6.07, 6.45) is 0. The molecule has 0 saturated carbocycles. The van der Waals surface area contributed by atoms with E-state index < -0.39 is 0 Å². The number of benzene rings is 2. The largest absolute Gasteiger partial charge is 2.00 e. The zero-order valence-electron chi connectivity index (χ0n) is 10.1. The molecule has 0 N–H and O–H groups in total. The fourth-order valence-electron chi connectivity index (χ4n) is 1.29. The van der Waals surface area contributed by atoms with E-state index in [1.807, 2.05) is 48.5 Å². The van der Waals surface area contributed by atoms with Gasteiger partial charge in [0.05, 0.1) is 7.11 Å². The maximum absolute atomic E-state index is 5.08. The van der Waals surface area contributed by atoms with Crippen LogP contribution in [0.5, 0.6) is 5.75 Å². The van der Waals surface area contributed by atoms with Crippen molar-refractivity contribution >= 4 is 23.1 Å². The first-order valence-electron chi connectivity index (χ1n) is 5.01. The van der Waals surface area contributed by atoms with Crippen LogP contribution in [0.2, 0.25) is 0 Å². The summed E-state index contributed by atoms with van der Waals surface area (Å²) >= 11 is 0. The quantitative estimate of drug-likeness (QED) is 0.393. The Morgan fingerprint density at radius 3 is 2.22 bits per heavy atom. The van der Waals surface area contributed by atoms with Crippen molar-refractivity contribution in [3.63, 3.8) is 0 Å². The van der Waals surface area contributed by atoms with Crippen LogP contribution >= 0.6 is 0 Å². The van der Waals surface area contributed by atoms with E-state index in [1.54, 1.807) is 7.11 Å². The fraction of sp³-hybridized carbons (Fsp3) is 0.0667. The molecular formula is C15H11BrMgO. The van der Waals surface area contributed by atoms with Crippen LogP contribution in [0.15, 0.2) is 48.5 Å². The van der Waals surface area contributed by atoms with Crippen LogP contribution in [0.25, 0.3) is 0 Å². The van der Waals surface area contributed by atoms with Crippen LogP contribution < -0.4 is 21.7 Å². The Balaban J connectivity index is 0.00000144. The molecule has 3 heteroatoms. The van der Waals surface area contributed by atoms with Crippen molar-refractivity contribution in [3.05, 3.63) is 65.7 Å². The predicted octanol–water partition coefficient (Wildman–Crippen LogP) is -0.482. The summed E-state index contributed by atoms with van der Waals surface area (Å²) in [5.74, 6) is 7.01. The second-order valence-electron chi connectivity index (χ2n) is 3.27. The van der Waals surface area contributed by atoms with Crippen molar-refractivity contribution < 1.29 is 21.7 Å². The van der Waals surface area contributed by atoms with Gasteiger partial charge in [0.15, 0.2) is 0 Å². The third-order valence-corrected chi connectivity index (χ3v) is 2.15. The van der Waals surface area contributed by atoms with Gasteiger partial charge in [-0.15, -0.1) is 5.92 Å².